The maximum atomic E-state index is 12.6. The van der Waals surface area contributed by atoms with Crippen LogP contribution in [0.4, 0.5) is 23.8 Å². The molecule has 10 heteroatoms. The molecule has 162 valence electrons. The highest BCUT2D eigenvalue weighted by Crippen LogP contribution is 2.29. The summed E-state index contributed by atoms with van der Waals surface area (Å²) in [4.78, 5) is 30.6. The van der Waals surface area contributed by atoms with Gasteiger partial charge in [-0.3, -0.25) is 4.79 Å². The molecule has 0 spiro atoms. The van der Waals surface area contributed by atoms with E-state index in [0.29, 0.717) is 57.9 Å². The van der Waals surface area contributed by atoms with Crippen molar-refractivity contribution in [3.05, 3.63) is 23.9 Å². The van der Waals surface area contributed by atoms with Gasteiger partial charge in [-0.1, -0.05) is 0 Å². The van der Waals surface area contributed by atoms with Crippen molar-refractivity contribution in [3.63, 3.8) is 0 Å². The SMILES string of the molecule is CCOC(=O)CCCCCOC(=O)N1CCN(c2ccc(C(F)(F)F)cn2)CC1. The molecule has 1 aliphatic heterocycles. The number of hydrogen-bond acceptors (Lipinski definition) is 6. The summed E-state index contributed by atoms with van der Waals surface area (Å²) in [5, 5.41) is 0. The van der Waals surface area contributed by atoms with Gasteiger partial charge in [0.05, 0.1) is 18.8 Å². The van der Waals surface area contributed by atoms with Gasteiger partial charge in [0.1, 0.15) is 5.82 Å². The number of esters is 1. The Morgan fingerprint density at radius 2 is 1.79 bits per heavy atom. The molecule has 2 heterocycles. The van der Waals surface area contributed by atoms with Gasteiger partial charge in [-0.15, -0.1) is 0 Å². The van der Waals surface area contributed by atoms with E-state index in [4.69, 9.17) is 9.47 Å². The zero-order valence-electron chi connectivity index (χ0n) is 16.4. The number of rotatable bonds is 8. The van der Waals surface area contributed by atoms with E-state index in [9.17, 15) is 22.8 Å². The molecular formula is C19H26F3N3O4. The minimum Gasteiger partial charge on any atom is -0.466 e. The minimum absolute atomic E-state index is 0.218. The monoisotopic (exact) mass is 417 g/mol. The first-order valence-electron chi connectivity index (χ1n) is 9.66. The van der Waals surface area contributed by atoms with E-state index in [1.54, 1.807) is 11.8 Å². The van der Waals surface area contributed by atoms with Gasteiger partial charge in [0.25, 0.3) is 0 Å². The number of hydrogen-bond donors (Lipinski definition) is 0. The molecule has 0 aromatic carbocycles. The number of nitrogens with zero attached hydrogens (tertiary/aromatic N) is 3. The molecule has 0 unspecified atom stereocenters. The fourth-order valence-electron chi connectivity index (χ4n) is 2.89. The number of alkyl halides is 3. The number of halogens is 3. The number of piperazine rings is 1. The molecule has 0 bridgehead atoms. The van der Waals surface area contributed by atoms with Gasteiger partial charge >= 0.3 is 18.2 Å². The molecule has 29 heavy (non-hydrogen) atoms. The van der Waals surface area contributed by atoms with Crippen LogP contribution in [0, 0.1) is 0 Å². The lowest BCUT2D eigenvalue weighted by molar-refractivity contribution is -0.143. The van der Waals surface area contributed by atoms with Crippen LogP contribution in [0.25, 0.3) is 0 Å². The number of pyridine rings is 1. The highest BCUT2D eigenvalue weighted by atomic mass is 19.4. The summed E-state index contributed by atoms with van der Waals surface area (Å²) >= 11 is 0. The third-order valence-corrected chi connectivity index (χ3v) is 4.49. The first-order valence-corrected chi connectivity index (χ1v) is 9.66. The molecule has 2 rings (SSSR count). The van der Waals surface area contributed by atoms with Crippen LogP contribution in [-0.4, -0.2) is 61.3 Å². The van der Waals surface area contributed by atoms with E-state index < -0.39 is 17.8 Å². The number of carbonyl (C=O) groups excluding carboxylic acids is 2. The Morgan fingerprint density at radius 1 is 1.07 bits per heavy atom. The number of amides is 1. The Balaban J connectivity index is 1.64. The number of unbranched alkanes of at least 4 members (excludes halogenated alkanes) is 2. The molecule has 7 nitrogen and oxygen atoms in total. The number of carbonyl (C=O) groups is 2. The van der Waals surface area contributed by atoms with Crippen LogP contribution < -0.4 is 4.90 Å². The molecular weight excluding hydrogens is 391 g/mol. The van der Waals surface area contributed by atoms with Gasteiger partial charge in [-0.25, -0.2) is 9.78 Å². The summed E-state index contributed by atoms with van der Waals surface area (Å²) in [6, 6.07) is 2.35. The summed E-state index contributed by atoms with van der Waals surface area (Å²) in [5.41, 5.74) is -0.786. The molecule has 0 N–H and O–H groups in total. The average molecular weight is 417 g/mol. The lowest BCUT2D eigenvalue weighted by Gasteiger charge is -2.34. The van der Waals surface area contributed by atoms with Crippen molar-refractivity contribution in [1.82, 2.24) is 9.88 Å². The highest BCUT2D eigenvalue weighted by Gasteiger charge is 2.31. The molecule has 0 aliphatic carbocycles. The lowest BCUT2D eigenvalue weighted by Crippen LogP contribution is -2.49. The van der Waals surface area contributed by atoms with Crippen molar-refractivity contribution in [2.45, 2.75) is 38.8 Å². The summed E-state index contributed by atoms with van der Waals surface area (Å²) in [7, 11) is 0. The summed E-state index contributed by atoms with van der Waals surface area (Å²) in [6.07, 6.45) is -1.52. The maximum absolute atomic E-state index is 12.6. The third kappa shape index (κ3) is 7.43. The molecule has 1 aromatic heterocycles. The second-order valence-electron chi connectivity index (χ2n) is 6.61. The third-order valence-electron chi connectivity index (χ3n) is 4.49. The van der Waals surface area contributed by atoms with Gasteiger partial charge in [0.2, 0.25) is 0 Å². The molecule has 0 atom stereocenters. The fraction of sp³-hybridized carbons (Fsp3) is 0.632. The van der Waals surface area contributed by atoms with E-state index >= 15 is 0 Å². The summed E-state index contributed by atoms with van der Waals surface area (Å²) in [5.74, 6) is 0.234. The Hall–Kier alpha value is -2.52. The summed E-state index contributed by atoms with van der Waals surface area (Å²) in [6.45, 7) is 4.16. The van der Waals surface area contributed by atoms with E-state index in [-0.39, 0.29) is 12.6 Å². The summed E-state index contributed by atoms with van der Waals surface area (Å²) < 4.78 is 47.9. The van der Waals surface area contributed by atoms with Gasteiger partial charge in [-0.2, -0.15) is 13.2 Å². The predicted molar refractivity (Wildman–Crippen MR) is 99.5 cm³/mol. The predicted octanol–water partition coefficient (Wildman–Crippen LogP) is 3.48. The molecule has 1 aromatic rings. The molecule has 0 radical (unpaired) electrons. The molecule has 1 saturated heterocycles. The standard InChI is InChI=1S/C19H26F3N3O4/c1-2-28-17(26)6-4-3-5-13-29-18(27)25-11-9-24(10-12-25)16-8-7-15(14-23-16)19(20,21)22/h7-8,14H,2-6,9-13H2,1H3. The van der Waals surface area contributed by atoms with E-state index in [0.717, 1.165) is 18.7 Å². The first-order chi connectivity index (χ1) is 13.8. The Kier molecular flexibility index (Phi) is 8.53. The Morgan fingerprint density at radius 3 is 2.38 bits per heavy atom. The Labute approximate surface area is 167 Å². The topological polar surface area (TPSA) is 72.0 Å². The maximum Gasteiger partial charge on any atom is 0.417 e. The minimum atomic E-state index is -4.41. The van der Waals surface area contributed by atoms with Crippen LogP contribution in [0.2, 0.25) is 0 Å². The normalized spacial score (nSPS) is 14.6. The lowest BCUT2D eigenvalue weighted by atomic mass is 10.2. The van der Waals surface area contributed by atoms with Crippen LogP contribution in [-0.2, 0) is 20.4 Å². The highest BCUT2D eigenvalue weighted by molar-refractivity contribution is 5.69. The smallest absolute Gasteiger partial charge is 0.417 e. The van der Waals surface area contributed by atoms with Gasteiger partial charge in [-0.05, 0) is 38.3 Å². The van der Waals surface area contributed by atoms with Crippen LogP contribution >= 0.6 is 0 Å². The second kappa shape index (κ2) is 10.9. The van der Waals surface area contributed by atoms with Crippen molar-refractivity contribution in [3.8, 4) is 0 Å². The molecule has 1 aliphatic rings. The fourth-order valence-corrected chi connectivity index (χ4v) is 2.89. The van der Waals surface area contributed by atoms with Crippen LogP contribution in [0.5, 0.6) is 0 Å². The Bertz CT molecular complexity index is 660. The van der Waals surface area contributed by atoms with Crippen molar-refractivity contribution in [2.24, 2.45) is 0 Å². The zero-order valence-corrected chi connectivity index (χ0v) is 16.4. The molecule has 0 saturated carbocycles. The number of aromatic nitrogens is 1. The molecule has 1 fully saturated rings. The van der Waals surface area contributed by atoms with E-state index in [2.05, 4.69) is 4.98 Å². The van der Waals surface area contributed by atoms with E-state index in [1.807, 2.05) is 4.90 Å². The zero-order chi connectivity index (χ0) is 21.3. The largest absolute Gasteiger partial charge is 0.466 e. The quantitative estimate of drug-likeness (QED) is 0.476. The van der Waals surface area contributed by atoms with E-state index in [1.165, 1.54) is 6.07 Å². The van der Waals surface area contributed by atoms with Gasteiger partial charge in [0.15, 0.2) is 0 Å². The molecule has 1 amide bonds. The first kappa shape index (κ1) is 22.8. The van der Waals surface area contributed by atoms with Gasteiger partial charge < -0.3 is 19.3 Å². The van der Waals surface area contributed by atoms with Crippen molar-refractivity contribution < 1.29 is 32.2 Å². The van der Waals surface area contributed by atoms with Crippen molar-refractivity contribution in [2.75, 3.05) is 44.3 Å². The van der Waals surface area contributed by atoms with Gasteiger partial charge in [0, 0.05) is 38.8 Å². The average Bonchev–Trinajstić information content (AvgIpc) is 2.70. The second-order valence-corrected chi connectivity index (χ2v) is 6.61. The van der Waals surface area contributed by atoms with Crippen LogP contribution in [0.15, 0.2) is 18.3 Å². The number of anilines is 1. The van der Waals surface area contributed by atoms with Crippen molar-refractivity contribution in [1.29, 1.82) is 0 Å². The number of ether oxygens (including phenoxy) is 2. The van der Waals surface area contributed by atoms with Crippen molar-refractivity contribution >= 4 is 17.9 Å². The van der Waals surface area contributed by atoms with Crippen LogP contribution in [0.3, 0.4) is 0 Å². The van der Waals surface area contributed by atoms with Crippen LogP contribution in [0.1, 0.15) is 38.2 Å².